The molecule has 3 aromatic rings. The fourth-order valence-electron chi connectivity index (χ4n) is 2.73. The summed E-state index contributed by atoms with van der Waals surface area (Å²) in [6.45, 7) is 6.01. The second-order valence-electron chi connectivity index (χ2n) is 6.52. The molecule has 2 aromatic carbocycles. The number of nitrogens with one attached hydrogen (secondary N) is 1. The second kappa shape index (κ2) is 8.18. The van der Waals surface area contributed by atoms with Crippen molar-refractivity contribution < 1.29 is 14.3 Å². The molecule has 0 fully saturated rings. The van der Waals surface area contributed by atoms with Crippen molar-refractivity contribution in [2.24, 2.45) is 0 Å². The maximum atomic E-state index is 12.4. The Morgan fingerprint density at radius 2 is 1.67 bits per heavy atom. The van der Waals surface area contributed by atoms with Crippen molar-refractivity contribution in [3.05, 3.63) is 81.0 Å². The van der Waals surface area contributed by atoms with Gasteiger partial charge in [0.25, 0.3) is 5.91 Å². The molecule has 4 nitrogen and oxygen atoms in total. The summed E-state index contributed by atoms with van der Waals surface area (Å²) in [5.74, 6) is 0.656. The van der Waals surface area contributed by atoms with Crippen LogP contribution in [0.1, 0.15) is 43.6 Å². The van der Waals surface area contributed by atoms with Gasteiger partial charge in [0.1, 0.15) is 12.4 Å². The highest BCUT2D eigenvalue weighted by Gasteiger charge is 2.10. The van der Waals surface area contributed by atoms with Crippen molar-refractivity contribution >= 4 is 28.7 Å². The molecule has 5 heteroatoms. The lowest BCUT2D eigenvalue weighted by atomic mass is 10.1. The van der Waals surface area contributed by atoms with E-state index in [1.807, 2.05) is 37.4 Å². The van der Waals surface area contributed by atoms with E-state index in [9.17, 15) is 9.59 Å². The number of carbonyl (C=O) groups excluding carboxylic acids is 2. The summed E-state index contributed by atoms with van der Waals surface area (Å²) in [6, 6.07) is 14.8. The summed E-state index contributed by atoms with van der Waals surface area (Å²) in [5.41, 5.74) is 4.55. The number of aryl methyl sites for hydroxylation is 2. The first-order valence-electron chi connectivity index (χ1n) is 8.61. The number of ether oxygens (including phenoxy) is 1. The standard InChI is InChI=1S/C22H21NO3S/c1-14-8-15(2)10-20(9-14)26-12-17-11-21(27-13-17)22(25)23-19-6-4-18(5-7-19)16(3)24/h4-11,13H,12H2,1-3H3,(H,23,25). The Labute approximate surface area is 162 Å². The zero-order valence-electron chi connectivity index (χ0n) is 15.5. The van der Waals surface area contributed by atoms with E-state index in [4.69, 9.17) is 4.74 Å². The highest BCUT2D eigenvalue weighted by atomic mass is 32.1. The van der Waals surface area contributed by atoms with Crippen LogP contribution in [0.15, 0.2) is 53.9 Å². The van der Waals surface area contributed by atoms with Crippen LogP contribution in [-0.4, -0.2) is 11.7 Å². The number of anilines is 1. The van der Waals surface area contributed by atoms with E-state index < -0.39 is 0 Å². The summed E-state index contributed by atoms with van der Waals surface area (Å²) in [5, 5.41) is 4.77. The number of ketones is 1. The Morgan fingerprint density at radius 1 is 1.00 bits per heavy atom. The highest BCUT2D eigenvalue weighted by Crippen LogP contribution is 2.21. The minimum absolute atomic E-state index is 0.000390. The van der Waals surface area contributed by atoms with Crippen LogP contribution in [0.3, 0.4) is 0 Å². The molecule has 0 spiro atoms. The number of hydrogen-bond acceptors (Lipinski definition) is 4. The van der Waals surface area contributed by atoms with Gasteiger partial charge in [0, 0.05) is 16.8 Å². The van der Waals surface area contributed by atoms with Crippen molar-refractivity contribution in [1.29, 1.82) is 0 Å². The molecule has 0 saturated carbocycles. The number of hydrogen-bond donors (Lipinski definition) is 1. The molecule has 0 atom stereocenters. The van der Waals surface area contributed by atoms with Gasteiger partial charge in [-0.15, -0.1) is 11.3 Å². The number of Topliss-reactive ketones (excluding diaryl/α,β-unsaturated/α-hetero) is 1. The molecule has 138 valence electrons. The normalized spacial score (nSPS) is 10.5. The molecule has 1 heterocycles. The predicted octanol–water partition coefficient (Wildman–Crippen LogP) is 5.40. The molecular weight excluding hydrogens is 358 g/mol. The van der Waals surface area contributed by atoms with Crippen molar-refractivity contribution in [2.45, 2.75) is 27.4 Å². The lowest BCUT2D eigenvalue weighted by Gasteiger charge is -2.07. The van der Waals surface area contributed by atoms with E-state index in [-0.39, 0.29) is 11.7 Å². The third-order valence-corrected chi connectivity index (χ3v) is 5.01. The molecule has 0 aliphatic heterocycles. The Kier molecular flexibility index (Phi) is 5.72. The molecule has 27 heavy (non-hydrogen) atoms. The molecule has 0 aliphatic rings. The molecule has 0 aliphatic carbocycles. The maximum Gasteiger partial charge on any atom is 0.265 e. The fourth-order valence-corrected chi connectivity index (χ4v) is 3.53. The zero-order valence-corrected chi connectivity index (χ0v) is 16.4. The summed E-state index contributed by atoms with van der Waals surface area (Å²) in [6.07, 6.45) is 0. The molecule has 1 aromatic heterocycles. The van der Waals surface area contributed by atoms with Gasteiger partial charge in [-0.2, -0.15) is 0 Å². The van der Waals surface area contributed by atoms with Gasteiger partial charge in [-0.3, -0.25) is 9.59 Å². The smallest absolute Gasteiger partial charge is 0.265 e. The van der Waals surface area contributed by atoms with Gasteiger partial charge < -0.3 is 10.1 Å². The first-order valence-corrected chi connectivity index (χ1v) is 9.49. The largest absolute Gasteiger partial charge is 0.489 e. The van der Waals surface area contributed by atoms with Crippen molar-refractivity contribution in [2.75, 3.05) is 5.32 Å². The summed E-state index contributed by atoms with van der Waals surface area (Å²) >= 11 is 1.38. The van der Waals surface area contributed by atoms with Gasteiger partial charge in [-0.05, 0) is 79.7 Å². The van der Waals surface area contributed by atoms with Crippen LogP contribution in [0.25, 0.3) is 0 Å². The average Bonchev–Trinajstić information content (AvgIpc) is 3.09. The third-order valence-electron chi connectivity index (χ3n) is 4.03. The first kappa shape index (κ1) is 18.9. The topological polar surface area (TPSA) is 55.4 Å². The van der Waals surface area contributed by atoms with E-state index in [2.05, 4.69) is 11.4 Å². The third kappa shape index (κ3) is 5.05. The molecule has 0 saturated heterocycles. The molecule has 3 rings (SSSR count). The Morgan fingerprint density at radius 3 is 2.30 bits per heavy atom. The summed E-state index contributed by atoms with van der Waals surface area (Å²) in [7, 11) is 0. The molecule has 1 amide bonds. The monoisotopic (exact) mass is 379 g/mol. The van der Waals surface area contributed by atoms with Gasteiger partial charge in [0.05, 0.1) is 4.88 Å². The van der Waals surface area contributed by atoms with Crippen LogP contribution in [0.4, 0.5) is 5.69 Å². The van der Waals surface area contributed by atoms with Crippen LogP contribution < -0.4 is 10.1 Å². The fraction of sp³-hybridized carbons (Fsp3) is 0.182. The number of carbonyl (C=O) groups is 2. The SMILES string of the molecule is CC(=O)c1ccc(NC(=O)c2cc(COc3cc(C)cc(C)c3)cs2)cc1. The van der Waals surface area contributed by atoms with Gasteiger partial charge in [-0.1, -0.05) is 6.07 Å². The van der Waals surface area contributed by atoms with Gasteiger partial charge in [0.15, 0.2) is 5.78 Å². The van der Waals surface area contributed by atoms with Crippen LogP contribution >= 0.6 is 11.3 Å². The van der Waals surface area contributed by atoms with Gasteiger partial charge in [-0.25, -0.2) is 0 Å². The Balaban J connectivity index is 1.60. The summed E-state index contributed by atoms with van der Waals surface area (Å²) in [4.78, 5) is 24.3. The van der Waals surface area contributed by atoms with Crippen LogP contribution in [-0.2, 0) is 6.61 Å². The minimum Gasteiger partial charge on any atom is -0.489 e. The van der Waals surface area contributed by atoms with Crippen LogP contribution in [0, 0.1) is 13.8 Å². The number of amides is 1. The average molecular weight is 379 g/mol. The second-order valence-corrected chi connectivity index (χ2v) is 7.43. The van der Waals surface area contributed by atoms with Crippen molar-refractivity contribution in [1.82, 2.24) is 0 Å². The van der Waals surface area contributed by atoms with Crippen LogP contribution in [0.5, 0.6) is 5.75 Å². The molecule has 0 radical (unpaired) electrons. The number of thiophene rings is 1. The lowest BCUT2D eigenvalue weighted by molar-refractivity contribution is 0.101. The van der Waals surface area contributed by atoms with Crippen LogP contribution in [0.2, 0.25) is 0 Å². The van der Waals surface area contributed by atoms with E-state index in [0.717, 1.165) is 22.4 Å². The molecular formula is C22H21NO3S. The minimum atomic E-state index is -0.173. The number of rotatable bonds is 6. The van der Waals surface area contributed by atoms with E-state index in [0.29, 0.717) is 22.7 Å². The van der Waals surface area contributed by atoms with Crippen molar-refractivity contribution in [3.63, 3.8) is 0 Å². The molecule has 0 unspecified atom stereocenters. The zero-order chi connectivity index (χ0) is 19.4. The quantitative estimate of drug-likeness (QED) is 0.584. The Bertz CT molecular complexity index is 953. The van der Waals surface area contributed by atoms with E-state index >= 15 is 0 Å². The van der Waals surface area contributed by atoms with E-state index in [1.165, 1.54) is 18.3 Å². The summed E-state index contributed by atoms with van der Waals surface area (Å²) < 4.78 is 5.84. The predicted molar refractivity (Wildman–Crippen MR) is 109 cm³/mol. The highest BCUT2D eigenvalue weighted by molar-refractivity contribution is 7.12. The number of benzene rings is 2. The lowest BCUT2D eigenvalue weighted by Crippen LogP contribution is -2.10. The van der Waals surface area contributed by atoms with Gasteiger partial charge >= 0.3 is 0 Å². The first-order chi connectivity index (χ1) is 12.9. The molecule has 1 N–H and O–H groups in total. The molecule has 0 bridgehead atoms. The van der Waals surface area contributed by atoms with Crippen molar-refractivity contribution in [3.8, 4) is 5.75 Å². The Hall–Kier alpha value is -2.92. The maximum absolute atomic E-state index is 12.4. The van der Waals surface area contributed by atoms with Gasteiger partial charge in [0.2, 0.25) is 0 Å². The van der Waals surface area contributed by atoms with E-state index in [1.54, 1.807) is 24.3 Å².